The van der Waals surface area contributed by atoms with Crippen LogP contribution in [0.4, 0.5) is 5.69 Å². The Kier molecular flexibility index (Phi) is 8.78. The van der Waals surface area contributed by atoms with Crippen molar-refractivity contribution in [2.24, 2.45) is 5.18 Å². The van der Waals surface area contributed by atoms with Crippen LogP contribution in [0.15, 0.2) is 56.3 Å². The molecule has 0 aliphatic carbocycles. The van der Waals surface area contributed by atoms with Gasteiger partial charge in [-0.15, -0.1) is 4.91 Å². The van der Waals surface area contributed by atoms with Crippen molar-refractivity contribution < 1.29 is 8.42 Å². The van der Waals surface area contributed by atoms with Crippen molar-refractivity contribution in [3.05, 3.63) is 51.4 Å². The van der Waals surface area contributed by atoms with Gasteiger partial charge in [0.2, 0.25) is 10.0 Å². The molecular formula is C21H25Cl2N3O3S2. The summed E-state index contributed by atoms with van der Waals surface area (Å²) in [6.45, 7) is 4.44. The minimum atomic E-state index is -3.83. The Morgan fingerprint density at radius 2 is 1.90 bits per heavy atom. The second kappa shape index (κ2) is 11.1. The molecule has 1 aliphatic heterocycles. The van der Waals surface area contributed by atoms with E-state index in [9.17, 15) is 13.3 Å². The predicted octanol–water partition coefficient (Wildman–Crippen LogP) is 6.09. The third kappa shape index (κ3) is 6.91. The fourth-order valence-electron chi connectivity index (χ4n) is 3.62. The normalized spacial score (nSPS) is 17.6. The summed E-state index contributed by atoms with van der Waals surface area (Å²) in [7, 11) is -3.83. The molecule has 0 saturated carbocycles. The predicted molar refractivity (Wildman–Crippen MR) is 127 cm³/mol. The van der Waals surface area contributed by atoms with E-state index in [4.69, 9.17) is 23.2 Å². The van der Waals surface area contributed by atoms with Gasteiger partial charge in [-0.05, 0) is 80.9 Å². The van der Waals surface area contributed by atoms with Crippen LogP contribution in [-0.4, -0.2) is 39.0 Å². The molecule has 3 rings (SSSR count). The van der Waals surface area contributed by atoms with Gasteiger partial charge >= 0.3 is 0 Å². The number of sulfonamides is 1. The molecule has 1 atom stereocenters. The van der Waals surface area contributed by atoms with Crippen molar-refractivity contribution in [1.82, 2.24) is 9.62 Å². The van der Waals surface area contributed by atoms with E-state index in [1.807, 2.05) is 0 Å². The maximum absolute atomic E-state index is 13.0. The lowest BCUT2D eigenvalue weighted by atomic mass is 10.0. The second-order valence-electron chi connectivity index (χ2n) is 7.56. The molecule has 2 aromatic rings. The lowest BCUT2D eigenvalue weighted by molar-refractivity contribution is 0.159. The van der Waals surface area contributed by atoms with Crippen LogP contribution in [0.3, 0.4) is 0 Å². The molecule has 2 aromatic carbocycles. The summed E-state index contributed by atoms with van der Waals surface area (Å²) in [6.07, 6.45) is 4.34. The number of likely N-dealkylation sites (tertiary alicyclic amines) is 1. The van der Waals surface area contributed by atoms with Gasteiger partial charge in [-0.25, -0.2) is 13.1 Å². The van der Waals surface area contributed by atoms with Crippen molar-refractivity contribution in [3.63, 3.8) is 0 Å². The number of hydrogen-bond acceptors (Lipinski definition) is 6. The zero-order valence-corrected chi connectivity index (χ0v) is 20.3. The van der Waals surface area contributed by atoms with Gasteiger partial charge < -0.3 is 4.90 Å². The van der Waals surface area contributed by atoms with Crippen LogP contribution in [-0.2, 0) is 10.0 Å². The van der Waals surface area contributed by atoms with Crippen LogP contribution in [0.2, 0.25) is 10.0 Å². The molecular weight excluding hydrogens is 477 g/mol. The fraction of sp³-hybridized carbons (Fsp3) is 0.429. The molecule has 168 valence electrons. The molecule has 1 aliphatic rings. The minimum absolute atomic E-state index is 0.0111. The van der Waals surface area contributed by atoms with Gasteiger partial charge in [0.1, 0.15) is 5.69 Å². The quantitative estimate of drug-likeness (QED) is 0.332. The lowest BCUT2D eigenvalue weighted by Gasteiger charge is -2.33. The molecule has 1 N–H and O–H groups in total. The Bertz CT molecular complexity index is 1010. The number of nitroso groups, excluding NO2 is 1. The van der Waals surface area contributed by atoms with E-state index in [1.54, 1.807) is 24.3 Å². The molecule has 1 heterocycles. The Labute approximate surface area is 197 Å². The Morgan fingerprint density at radius 3 is 2.58 bits per heavy atom. The first-order valence-electron chi connectivity index (χ1n) is 10.1. The molecule has 0 aromatic heterocycles. The largest absolute Gasteiger partial charge is 0.301 e. The van der Waals surface area contributed by atoms with E-state index in [2.05, 4.69) is 21.7 Å². The van der Waals surface area contributed by atoms with Gasteiger partial charge in [-0.2, -0.15) is 0 Å². The molecule has 1 fully saturated rings. The van der Waals surface area contributed by atoms with Crippen molar-refractivity contribution in [2.75, 3.05) is 19.6 Å². The first kappa shape index (κ1) is 24.5. The molecule has 0 amide bonds. The Hall–Kier alpha value is -1.16. The number of piperidine rings is 1. The standard InChI is InChI=1S/C21H25Cl2N3O3S2/c1-15-5-2-3-9-26(15)10-4-8-24-31(28,29)21-14-18(25-27)6-7-20(21)30-19-12-16(22)11-17(23)13-19/h6-7,11-15,24H,2-5,8-10H2,1H3. The van der Waals surface area contributed by atoms with Crippen molar-refractivity contribution in [1.29, 1.82) is 0 Å². The fourth-order valence-corrected chi connectivity index (χ4v) is 6.83. The Morgan fingerprint density at radius 1 is 1.16 bits per heavy atom. The number of benzene rings is 2. The van der Waals surface area contributed by atoms with Crippen LogP contribution in [0.5, 0.6) is 0 Å². The van der Waals surface area contributed by atoms with Gasteiger partial charge in [0.15, 0.2) is 0 Å². The van der Waals surface area contributed by atoms with Crippen LogP contribution in [0, 0.1) is 4.91 Å². The molecule has 1 unspecified atom stereocenters. The molecule has 10 heteroatoms. The smallest absolute Gasteiger partial charge is 0.241 e. The number of nitrogens with one attached hydrogen (secondary N) is 1. The summed E-state index contributed by atoms with van der Waals surface area (Å²) >= 11 is 13.3. The minimum Gasteiger partial charge on any atom is -0.301 e. The SMILES string of the molecule is CC1CCCCN1CCCNS(=O)(=O)c1cc(N=O)ccc1Sc1cc(Cl)cc(Cl)c1. The van der Waals surface area contributed by atoms with E-state index >= 15 is 0 Å². The van der Waals surface area contributed by atoms with Crippen LogP contribution in [0.1, 0.15) is 32.6 Å². The summed E-state index contributed by atoms with van der Waals surface area (Å²) in [4.78, 5) is 14.6. The van der Waals surface area contributed by atoms with Crippen molar-refractivity contribution in [3.8, 4) is 0 Å². The first-order chi connectivity index (χ1) is 14.8. The van der Waals surface area contributed by atoms with Gasteiger partial charge in [0, 0.05) is 32.4 Å². The summed E-state index contributed by atoms with van der Waals surface area (Å²) in [5.41, 5.74) is 0.0518. The maximum Gasteiger partial charge on any atom is 0.241 e. The number of nitrogens with zero attached hydrogens (tertiary/aromatic N) is 2. The topological polar surface area (TPSA) is 78.8 Å². The highest BCUT2D eigenvalue weighted by Crippen LogP contribution is 2.37. The van der Waals surface area contributed by atoms with Gasteiger partial charge in [-0.3, -0.25) is 0 Å². The van der Waals surface area contributed by atoms with Gasteiger partial charge in [-0.1, -0.05) is 41.4 Å². The summed E-state index contributed by atoms with van der Waals surface area (Å²) in [5.74, 6) is 0. The Balaban J connectivity index is 1.73. The zero-order valence-electron chi connectivity index (χ0n) is 17.2. The van der Waals surface area contributed by atoms with Gasteiger partial charge in [0.05, 0.1) is 4.90 Å². The van der Waals surface area contributed by atoms with Crippen LogP contribution < -0.4 is 4.72 Å². The van der Waals surface area contributed by atoms with E-state index in [0.717, 1.165) is 13.1 Å². The summed E-state index contributed by atoms with van der Waals surface area (Å²) in [5, 5.41) is 3.80. The highest BCUT2D eigenvalue weighted by molar-refractivity contribution is 8.00. The monoisotopic (exact) mass is 501 g/mol. The van der Waals surface area contributed by atoms with Gasteiger partial charge in [0.25, 0.3) is 0 Å². The molecule has 1 saturated heterocycles. The zero-order chi connectivity index (χ0) is 22.4. The number of hydrogen-bond donors (Lipinski definition) is 1. The molecule has 0 spiro atoms. The van der Waals surface area contributed by atoms with E-state index in [0.29, 0.717) is 38.8 Å². The van der Waals surface area contributed by atoms with Crippen LogP contribution >= 0.6 is 35.0 Å². The molecule has 6 nitrogen and oxygen atoms in total. The van der Waals surface area contributed by atoms with Crippen molar-refractivity contribution >= 4 is 50.7 Å². The maximum atomic E-state index is 13.0. The summed E-state index contributed by atoms with van der Waals surface area (Å²) < 4.78 is 28.7. The van der Waals surface area contributed by atoms with E-state index in [1.165, 1.54) is 43.2 Å². The number of halogens is 2. The first-order valence-corrected chi connectivity index (χ1v) is 13.2. The molecule has 0 bridgehead atoms. The molecule has 31 heavy (non-hydrogen) atoms. The summed E-state index contributed by atoms with van der Waals surface area (Å²) in [6, 6.07) is 9.89. The molecule has 0 radical (unpaired) electrons. The number of rotatable bonds is 9. The second-order valence-corrected chi connectivity index (χ2v) is 11.3. The highest BCUT2D eigenvalue weighted by Gasteiger charge is 2.21. The highest BCUT2D eigenvalue weighted by atomic mass is 35.5. The third-order valence-electron chi connectivity index (χ3n) is 5.24. The average Bonchev–Trinajstić information content (AvgIpc) is 2.72. The van der Waals surface area contributed by atoms with Crippen molar-refractivity contribution in [2.45, 2.75) is 53.3 Å². The van der Waals surface area contributed by atoms with E-state index < -0.39 is 10.0 Å². The average molecular weight is 502 g/mol. The third-order valence-corrected chi connectivity index (χ3v) is 8.35. The van der Waals surface area contributed by atoms with E-state index in [-0.39, 0.29) is 10.6 Å². The van der Waals surface area contributed by atoms with Crippen LogP contribution in [0.25, 0.3) is 0 Å². The lowest BCUT2D eigenvalue weighted by Crippen LogP contribution is -2.39.